The van der Waals surface area contributed by atoms with Crippen LogP contribution in [0.2, 0.25) is 0 Å². The van der Waals surface area contributed by atoms with Gasteiger partial charge in [0.05, 0.1) is 20.8 Å². The van der Waals surface area contributed by atoms with Crippen LogP contribution in [0.25, 0.3) is 0 Å². The molecule has 0 rings (SSSR count). The van der Waals surface area contributed by atoms with Crippen molar-refractivity contribution in [3.63, 3.8) is 0 Å². The molecule has 0 aliphatic heterocycles. The Bertz CT molecular complexity index is 92.7. The van der Waals surface area contributed by atoms with Crippen molar-refractivity contribution in [3.8, 4) is 0 Å². The van der Waals surface area contributed by atoms with E-state index in [4.69, 9.17) is 5.11 Å². The fraction of sp³-hybridized carbons (Fsp3) is 0.250. The van der Waals surface area contributed by atoms with Crippen LogP contribution < -0.4 is 4.65 Å². The van der Waals surface area contributed by atoms with Gasteiger partial charge in [0.15, 0.2) is 0 Å². The Hall–Kier alpha value is -0.396. The molecule has 0 amide bonds. The van der Waals surface area contributed by atoms with Crippen LogP contribution in [0.4, 0.5) is 0 Å². The van der Waals surface area contributed by atoms with Crippen molar-refractivity contribution in [1.82, 2.24) is 4.65 Å². The van der Waals surface area contributed by atoms with E-state index in [1.165, 1.54) is 27.7 Å². The van der Waals surface area contributed by atoms with Gasteiger partial charge in [0.25, 0.3) is 0 Å². The van der Waals surface area contributed by atoms with Gasteiger partial charge in [-0.15, -0.1) is 0 Å². The van der Waals surface area contributed by atoms with Gasteiger partial charge < -0.3 is 9.75 Å². The molecule has 0 bridgehead atoms. The van der Waals surface area contributed by atoms with Crippen molar-refractivity contribution in [3.05, 3.63) is 12.2 Å². The zero-order valence-electron chi connectivity index (χ0n) is 6.06. The van der Waals surface area contributed by atoms with Crippen molar-refractivity contribution in [2.24, 2.45) is 0 Å². The summed E-state index contributed by atoms with van der Waals surface area (Å²) in [4.78, 5) is 9.60. The molecule has 0 saturated carbocycles. The lowest BCUT2D eigenvalue weighted by atomic mass is 10.4. The second kappa shape index (κ2) is 7.60. The summed E-state index contributed by atoms with van der Waals surface area (Å²) >= 11 is 0. The molecule has 0 aromatic rings. The molecular weight excluding hydrogens is 150 g/mol. The van der Waals surface area contributed by atoms with Crippen LogP contribution >= 0.6 is 0 Å². The molecule has 0 heterocycles. The molecule has 0 radical (unpaired) electrons. The second-order valence-electron chi connectivity index (χ2n) is 1.59. The van der Waals surface area contributed by atoms with Gasteiger partial charge >= 0.3 is 5.97 Å². The van der Waals surface area contributed by atoms with Gasteiger partial charge in [-0.2, -0.15) is 0 Å². The van der Waals surface area contributed by atoms with E-state index in [9.17, 15) is 4.79 Å². The third kappa shape index (κ3) is 18.4. The molecule has 2 N–H and O–H groups in total. The number of carboxylic acids is 1. The highest BCUT2D eigenvalue weighted by Crippen LogP contribution is 1.81. The van der Waals surface area contributed by atoms with Gasteiger partial charge in [0.1, 0.15) is 0 Å². The number of aliphatic carboxylic acids is 1. The van der Waals surface area contributed by atoms with E-state index in [2.05, 4.69) is 11.2 Å². The average molecular weight is 163 g/mol. The summed E-state index contributed by atoms with van der Waals surface area (Å²) < 4.78 is 3.03. The molecule has 54 valence electrons. The van der Waals surface area contributed by atoms with Crippen molar-refractivity contribution < 1.29 is 9.90 Å². The molecule has 0 spiro atoms. The summed E-state index contributed by atoms with van der Waals surface area (Å²) in [6.07, 6.45) is 0. The topological polar surface area (TPSA) is 49.3 Å². The Morgan fingerprint density at radius 2 is 1.78 bits per heavy atom. The van der Waals surface area contributed by atoms with Gasteiger partial charge in [0.2, 0.25) is 0 Å². The maximum atomic E-state index is 9.60. The molecule has 0 aliphatic rings. The number of rotatable bonds is 1. The van der Waals surface area contributed by atoms with Gasteiger partial charge in [-0.3, -0.25) is 0 Å². The number of nitrogens with one attached hydrogen (secondary N) is 1. The largest absolute Gasteiger partial charge is 0.478 e. The van der Waals surface area contributed by atoms with Crippen molar-refractivity contribution >= 4 is 26.8 Å². The molecular formula is C4H13NO2Si2. The maximum Gasteiger partial charge on any atom is 0.330 e. The van der Waals surface area contributed by atoms with Crippen LogP contribution in [-0.2, 0) is 4.79 Å². The predicted molar refractivity (Wildman–Crippen MR) is 45.5 cm³/mol. The van der Waals surface area contributed by atoms with E-state index >= 15 is 0 Å². The van der Waals surface area contributed by atoms with Crippen LogP contribution in [0.5, 0.6) is 0 Å². The molecule has 9 heavy (non-hydrogen) atoms. The molecule has 0 aromatic heterocycles. The number of hydrogen-bond donors (Lipinski definition) is 2. The van der Waals surface area contributed by atoms with E-state index in [1.54, 1.807) is 0 Å². The zero-order chi connectivity index (χ0) is 7.86. The lowest BCUT2D eigenvalue weighted by Gasteiger charge is -1.79. The van der Waals surface area contributed by atoms with E-state index in [-0.39, 0.29) is 5.57 Å². The molecule has 0 saturated heterocycles. The van der Waals surface area contributed by atoms with Crippen molar-refractivity contribution in [1.29, 1.82) is 0 Å². The first-order valence-electron chi connectivity index (χ1n) is 2.53. The molecule has 0 unspecified atom stereocenters. The van der Waals surface area contributed by atoms with Gasteiger partial charge in [-0.05, 0) is 6.92 Å². The lowest BCUT2D eigenvalue weighted by Crippen LogP contribution is -1.97. The van der Waals surface area contributed by atoms with Crippen LogP contribution in [0.15, 0.2) is 12.2 Å². The first-order valence-corrected chi connectivity index (χ1v) is 4.53. The minimum absolute atomic E-state index is 0.176. The lowest BCUT2D eigenvalue weighted by molar-refractivity contribution is -0.132. The van der Waals surface area contributed by atoms with E-state index < -0.39 is 5.97 Å². The normalized spacial score (nSPS) is 7.67. The summed E-state index contributed by atoms with van der Waals surface area (Å²) in [5, 5.41) is 7.89. The van der Waals surface area contributed by atoms with Crippen molar-refractivity contribution in [2.75, 3.05) is 0 Å². The third-order valence-electron chi connectivity index (χ3n) is 0.365. The third-order valence-corrected chi connectivity index (χ3v) is 0.365. The molecule has 0 aromatic carbocycles. The first kappa shape index (κ1) is 11.4. The highest BCUT2D eigenvalue weighted by atomic mass is 28.2. The minimum atomic E-state index is -0.935. The van der Waals surface area contributed by atoms with Crippen LogP contribution in [0.1, 0.15) is 6.92 Å². The number of carboxylic acid groups (broad SMARTS) is 1. The average Bonchev–Trinajstić information content (AvgIpc) is 1.68. The molecule has 0 fully saturated rings. The Labute approximate surface area is 61.2 Å². The first-order chi connectivity index (χ1) is 4.06. The smallest absolute Gasteiger partial charge is 0.330 e. The van der Waals surface area contributed by atoms with Crippen LogP contribution in [0.3, 0.4) is 0 Å². The predicted octanol–water partition coefficient (Wildman–Crippen LogP) is -2.22. The Morgan fingerprint density at radius 1 is 1.67 bits per heavy atom. The van der Waals surface area contributed by atoms with Crippen LogP contribution in [0, 0.1) is 0 Å². The molecule has 0 atom stereocenters. The fourth-order valence-electron chi connectivity index (χ4n) is 0. The zero-order valence-corrected chi connectivity index (χ0v) is 10.1. The van der Waals surface area contributed by atoms with Gasteiger partial charge in [-0.1, -0.05) is 6.58 Å². The van der Waals surface area contributed by atoms with Gasteiger partial charge in [0, 0.05) is 5.57 Å². The standard InChI is InChI=1S/C4H6O2.H7NSi2/c1-3(2)4(5)6;2-1-3/h1H2,2H3,(H,5,6);1H,2-3H3. The summed E-state index contributed by atoms with van der Waals surface area (Å²) in [6.45, 7) is 4.60. The van der Waals surface area contributed by atoms with Gasteiger partial charge in [-0.25, -0.2) is 4.79 Å². The molecule has 0 aliphatic carbocycles. The van der Waals surface area contributed by atoms with Crippen LogP contribution in [-0.4, -0.2) is 31.9 Å². The van der Waals surface area contributed by atoms with E-state index in [0.29, 0.717) is 0 Å². The van der Waals surface area contributed by atoms with E-state index in [0.717, 1.165) is 0 Å². The Morgan fingerprint density at radius 3 is 1.78 bits per heavy atom. The Balaban J connectivity index is 0. The number of hydrogen-bond acceptors (Lipinski definition) is 2. The highest BCUT2D eigenvalue weighted by Gasteiger charge is 1.90. The maximum absolute atomic E-state index is 9.60. The van der Waals surface area contributed by atoms with Crippen molar-refractivity contribution in [2.45, 2.75) is 6.92 Å². The molecule has 3 nitrogen and oxygen atoms in total. The molecule has 5 heteroatoms. The Kier molecular flexibility index (Phi) is 9.64. The van der Waals surface area contributed by atoms with E-state index in [1.807, 2.05) is 0 Å². The second-order valence-corrected chi connectivity index (χ2v) is 5.59. The highest BCUT2D eigenvalue weighted by molar-refractivity contribution is 6.25. The monoisotopic (exact) mass is 163 g/mol. The summed E-state index contributed by atoms with van der Waals surface area (Å²) in [7, 11) is 2.36. The summed E-state index contributed by atoms with van der Waals surface area (Å²) in [6, 6.07) is 0. The minimum Gasteiger partial charge on any atom is -0.478 e. The SMILES string of the molecule is C=C(C)C(=O)O.[SiH3]N[SiH3]. The quantitative estimate of drug-likeness (QED) is 0.340. The fourth-order valence-corrected chi connectivity index (χ4v) is 0. The summed E-state index contributed by atoms with van der Waals surface area (Å²) in [5.74, 6) is -0.935. The summed E-state index contributed by atoms with van der Waals surface area (Å²) in [5.41, 5.74) is 0.176. The number of carbonyl (C=O) groups is 1.